The summed E-state index contributed by atoms with van der Waals surface area (Å²) in [7, 11) is 0. The first-order chi connectivity index (χ1) is 7.68. The quantitative estimate of drug-likeness (QED) is 0.801. The van der Waals surface area contributed by atoms with Gasteiger partial charge in [0.25, 0.3) is 0 Å². The highest BCUT2D eigenvalue weighted by Crippen LogP contribution is 2.16. The molecule has 0 bridgehead atoms. The van der Waals surface area contributed by atoms with Gasteiger partial charge in [0.15, 0.2) is 4.77 Å². The molecule has 1 aromatic carbocycles. The van der Waals surface area contributed by atoms with E-state index in [-0.39, 0.29) is 0 Å². The maximum atomic E-state index is 5.27. The molecule has 0 aliphatic heterocycles. The third-order valence-corrected chi connectivity index (χ3v) is 3.13. The molecule has 0 spiro atoms. The number of hydrogen-bond donors (Lipinski definition) is 1. The number of H-pyrrole nitrogens is 1. The van der Waals surface area contributed by atoms with Gasteiger partial charge in [-0.05, 0) is 38.0 Å². The summed E-state index contributed by atoms with van der Waals surface area (Å²) in [6.45, 7) is 4.28. The first-order valence-electron chi connectivity index (χ1n) is 5.49. The zero-order valence-electron chi connectivity index (χ0n) is 9.60. The van der Waals surface area contributed by atoms with Crippen LogP contribution < -0.4 is 0 Å². The molecule has 16 heavy (non-hydrogen) atoms. The van der Waals surface area contributed by atoms with Gasteiger partial charge in [-0.3, -0.25) is 0 Å². The van der Waals surface area contributed by atoms with E-state index in [4.69, 9.17) is 12.2 Å². The Morgan fingerprint density at radius 3 is 2.56 bits per heavy atom. The molecule has 0 aliphatic rings. The summed E-state index contributed by atoms with van der Waals surface area (Å²) in [5.41, 5.74) is 2.53. The van der Waals surface area contributed by atoms with Crippen molar-refractivity contribution in [3.8, 4) is 0 Å². The van der Waals surface area contributed by atoms with Crippen LogP contribution in [0, 0.1) is 11.7 Å². The van der Waals surface area contributed by atoms with E-state index in [9.17, 15) is 0 Å². The summed E-state index contributed by atoms with van der Waals surface area (Å²) >= 11 is 5.27. The summed E-state index contributed by atoms with van der Waals surface area (Å²) < 4.78 is 2.98. The monoisotopic (exact) mass is 232 g/mol. The van der Waals surface area contributed by atoms with Gasteiger partial charge < -0.3 is 9.55 Å². The van der Waals surface area contributed by atoms with E-state index in [1.165, 1.54) is 11.3 Å². The van der Waals surface area contributed by atoms with Crippen LogP contribution >= 0.6 is 12.2 Å². The average molecular weight is 232 g/mol. The Balaban J connectivity index is 2.21. The predicted molar refractivity (Wildman–Crippen MR) is 69.2 cm³/mol. The van der Waals surface area contributed by atoms with Gasteiger partial charge in [0, 0.05) is 17.9 Å². The van der Waals surface area contributed by atoms with Crippen molar-refractivity contribution in [1.82, 2.24) is 9.55 Å². The van der Waals surface area contributed by atoms with Gasteiger partial charge in [-0.2, -0.15) is 0 Å². The Morgan fingerprint density at radius 1 is 1.31 bits per heavy atom. The zero-order chi connectivity index (χ0) is 11.5. The Hall–Kier alpha value is -1.35. The van der Waals surface area contributed by atoms with Crippen LogP contribution in [0.1, 0.15) is 24.2 Å². The molecule has 0 amide bonds. The third-order valence-electron chi connectivity index (χ3n) is 2.82. The number of benzene rings is 1. The molecule has 1 aromatic heterocycles. The summed E-state index contributed by atoms with van der Waals surface area (Å²) in [5.74, 6) is 0. The van der Waals surface area contributed by atoms with Crippen molar-refractivity contribution in [2.45, 2.75) is 26.3 Å². The standard InChI is InChI=1S/C13H16N2S/c1-10(8-12-6-4-3-5-7-12)15-11(2)9-14-13(15)16/h3-7,9-10H,8H2,1-2H3,(H,14,16). The van der Waals surface area contributed by atoms with E-state index in [0.29, 0.717) is 6.04 Å². The van der Waals surface area contributed by atoms with Crippen molar-refractivity contribution in [3.63, 3.8) is 0 Å². The van der Waals surface area contributed by atoms with Crippen molar-refractivity contribution >= 4 is 12.2 Å². The molecule has 1 heterocycles. The Morgan fingerprint density at radius 2 is 2.00 bits per heavy atom. The van der Waals surface area contributed by atoms with Crippen molar-refractivity contribution in [2.75, 3.05) is 0 Å². The van der Waals surface area contributed by atoms with Crippen LogP contribution in [0.15, 0.2) is 36.5 Å². The smallest absolute Gasteiger partial charge is 0.177 e. The minimum atomic E-state index is 0.390. The SMILES string of the molecule is Cc1c[nH]c(=S)n1C(C)Cc1ccccc1. The zero-order valence-corrected chi connectivity index (χ0v) is 10.4. The van der Waals surface area contributed by atoms with Gasteiger partial charge >= 0.3 is 0 Å². The molecule has 1 N–H and O–H groups in total. The number of rotatable bonds is 3. The van der Waals surface area contributed by atoms with Crippen molar-refractivity contribution in [3.05, 3.63) is 52.6 Å². The summed E-state index contributed by atoms with van der Waals surface area (Å²) in [4.78, 5) is 3.08. The number of nitrogens with one attached hydrogen (secondary N) is 1. The third kappa shape index (κ3) is 2.25. The molecule has 1 atom stereocenters. The second-order valence-electron chi connectivity index (χ2n) is 4.14. The summed E-state index contributed by atoms with van der Waals surface area (Å²) in [6.07, 6.45) is 2.97. The molecule has 1 unspecified atom stereocenters. The number of nitrogens with zero attached hydrogens (tertiary/aromatic N) is 1. The topological polar surface area (TPSA) is 20.7 Å². The molecule has 0 saturated heterocycles. The highest BCUT2D eigenvalue weighted by Gasteiger charge is 2.08. The van der Waals surface area contributed by atoms with Gasteiger partial charge in [0.05, 0.1) is 0 Å². The molecule has 0 radical (unpaired) electrons. The van der Waals surface area contributed by atoms with Gasteiger partial charge in [0.2, 0.25) is 0 Å². The molecule has 3 heteroatoms. The van der Waals surface area contributed by atoms with Gasteiger partial charge in [-0.1, -0.05) is 30.3 Å². The Bertz CT molecular complexity index is 510. The lowest BCUT2D eigenvalue weighted by Crippen LogP contribution is -2.09. The molecular weight excluding hydrogens is 216 g/mol. The highest BCUT2D eigenvalue weighted by molar-refractivity contribution is 7.71. The van der Waals surface area contributed by atoms with E-state index < -0.39 is 0 Å². The van der Waals surface area contributed by atoms with E-state index in [1.54, 1.807) is 0 Å². The van der Waals surface area contributed by atoms with E-state index >= 15 is 0 Å². The van der Waals surface area contributed by atoms with E-state index in [0.717, 1.165) is 11.2 Å². The van der Waals surface area contributed by atoms with E-state index in [2.05, 4.69) is 47.7 Å². The molecule has 84 valence electrons. The Kier molecular flexibility index (Phi) is 3.25. The molecule has 2 nitrogen and oxygen atoms in total. The molecule has 0 aliphatic carbocycles. The number of aryl methyl sites for hydroxylation is 1. The lowest BCUT2D eigenvalue weighted by atomic mass is 10.1. The van der Waals surface area contributed by atoms with Gasteiger partial charge in [0.1, 0.15) is 0 Å². The molecular formula is C13H16N2S. The number of aromatic amines is 1. The largest absolute Gasteiger partial charge is 0.337 e. The van der Waals surface area contributed by atoms with Crippen molar-refractivity contribution < 1.29 is 0 Å². The fourth-order valence-corrected chi connectivity index (χ4v) is 2.44. The predicted octanol–water partition coefficient (Wildman–Crippen LogP) is 3.66. The average Bonchev–Trinajstić information content (AvgIpc) is 2.60. The van der Waals surface area contributed by atoms with Crippen LogP contribution in [0.5, 0.6) is 0 Å². The second-order valence-corrected chi connectivity index (χ2v) is 4.53. The minimum Gasteiger partial charge on any atom is -0.337 e. The lowest BCUT2D eigenvalue weighted by molar-refractivity contribution is 0.527. The van der Waals surface area contributed by atoms with Crippen LogP contribution in [0.25, 0.3) is 0 Å². The summed E-state index contributed by atoms with van der Waals surface area (Å²) in [6, 6.07) is 10.9. The fourth-order valence-electron chi connectivity index (χ4n) is 2.06. The second kappa shape index (κ2) is 4.66. The maximum Gasteiger partial charge on any atom is 0.177 e. The van der Waals surface area contributed by atoms with Crippen LogP contribution in [0.4, 0.5) is 0 Å². The van der Waals surface area contributed by atoms with Crippen LogP contribution in [-0.2, 0) is 6.42 Å². The minimum absolute atomic E-state index is 0.390. The van der Waals surface area contributed by atoms with E-state index in [1.807, 2.05) is 12.3 Å². The van der Waals surface area contributed by atoms with Gasteiger partial charge in [-0.15, -0.1) is 0 Å². The summed E-state index contributed by atoms with van der Waals surface area (Å²) in [5, 5.41) is 0. The van der Waals surface area contributed by atoms with Crippen molar-refractivity contribution in [2.24, 2.45) is 0 Å². The van der Waals surface area contributed by atoms with Crippen LogP contribution in [0.3, 0.4) is 0 Å². The molecule has 0 saturated carbocycles. The number of aromatic nitrogens is 2. The first kappa shape index (κ1) is 11.1. The molecule has 0 fully saturated rings. The van der Waals surface area contributed by atoms with Gasteiger partial charge in [-0.25, -0.2) is 0 Å². The van der Waals surface area contributed by atoms with Crippen molar-refractivity contribution in [1.29, 1.82) is 0 Å². The first-order valence-corrected chi connectivity index (χ1v) is 5.89. The maximum absolute atomic E-state index is 5.27. The fraction of sp³-hybridized carbons (Fsp3) is 0.308. The van der Waals surface area contributed by atoms with Crippen LogP contribution in [0.2, 0.25) is 0 Å². The Labute approximate surface area is 101 Å². The lowest BCUT2D eigenvalue weighted by Gasteiger charge is -2.15. The normalized spacial score (nSPS) is 12.6. The number of imidazole rings is 1. The number of hydrogen-bond acceptors (Lipinski definition) is 1. The van der Waals surface area contributed by atoms with Crippen LogP contribution in [-0.4, -0.2) is 9.55 Å². The molecule has 2 rings (SSSR count). The highest BCUT2D eigenvalue weighted by atomic mass is 32.1. The molecule has 2 aromatic rings.